The molecule has 0 spiro atoms. The Hall–Kier alpha value is -2.49. The average Bonchev–Trinajstić information content (AvgIpc) is 2.55. The van der Waals surface area contributed by atoms with Crippen molar-refractivity contribution in [3.8, 4) is 11.5 Å². The molecule has 0 bridgehead atoms. The highest BCUT2D eigenvalue weighted by molar-refractivity contribution is 5.90. The largest absolute Gasteiger partial charge is 0.497 e. The molecule has 2 aromatic rings. The molecule has 0 fully saturated rings. The van der Waals surface area contributed by atoms with E-state index in [1.54, 1.807) is 20.3 Å². The summed E-state index contributed by atoms with van der Waals surface area (Å²) in [5.41, 5.74) is 1.96. The molecule has 4 heteroatoms. The molecule has 0 radical (unpaired) electrons. The minimum atomic E-state index is 0.0155. The number of hydrogen-bond acceptors (Lipinski definition) is 3. The molecule has 22 heavy (non-hydrogen) atoms. The lowest BCUT2D eigenvalue weighted by Crippen LogP contribution is -2.11. The van der Waals surface area contributed by atoms with E-state index in [4.69, 9.17) is 9.47 Å². The normalized spacial score (nSPS) is 10.1. The van der Waals surface area contributed by atoms with E-state index in [0.717, 1.165) is 30.0 Å². The van der Waals surface area contributed by atoms with Crippen LogP contribution in [0.15, 0.2) is 48.5 Å². The third-order valence-electron chi connectivity index (χ3n) is 3.38. The fourth-order valence-electron chi connectivity index (χ4n) is 2.17. The molecular formula is C18H21NO3. The number of carbonyl (C=O) groups excluding carboxylic acids is 1. The van der Waals surface area contributed by atoms with Crippen LogP contribution in [0.25, 0.3) is 0 Å². The van der Waals surface area contributed by atoms with Crippen molar-refractivity contribution in [2.45, 2.75) is 19.3 Å². The van der Waals surface area contributed by atoms with Gasteiger partial charge in [-0.2, -0.15) is 0 Å². The van der Waals surface area contributed by atoms with Crippen molar-refractivity contribution in [3.63, 3.8) is 0 Å². The van der Waals surface area contributed by atoms with E-state index in [1.165, 1.54) is 5.56 Å². The van der Waals surface area contributed by atoms with Crippen molar-refractivity contribution in [1.29, 1.82) is 0 Å². The second-order valence-electron chi connectivity index (χ2n) is 4.98. The first kappa shape index (κ1) is 15.9. The maximum atomic E-state index is 11.9. The van der Waals surface area contributed by atoms with Crippen molar-refractivity contribution in [1.82, 2.24) is 0 Å². The van der Waals surface area contributed by atoms with Crippen LogP contribution in [0.2, 0.25) is 0 Å². The molecule has 0 unspecified atom stereocenters. The van der Waals surface area contributed by atoms with Crippen LogP contribution in [0.4, 0.5) is 5.69 Å². The van der Waals surface area contributed by atoms with Gasteiger partial charge in [0.1, 0.15) is 11.5 Å². The molecule has 0 saturated carbocycles. The van der Waals surface area contributed by atoms with Crippen molar-refractivity contribution in [2.75, 3.05) is 19.5 Å². The molecule has 2 aromatic carbocycles. The average molecular weight is 299 g/mol. The Bertz CT molecular complexity index is 608. The van der Waals surface area contributed by atoms with Gasteiger partial charge < -0.3 is 14.8 Å². The smallest absolute Gasteiger partial charge is 0.224 e. The number of amides is 1. The molecule has 0 heterocycles. The van der Waals surface area contributed by atoms with Gasteiger partial charge in [-0.05, 0) is 42.7 Å². The minimum absolute atomic E-state index is 0.0155. The Morgan fingerprint density at radius 2 is 1.73 bits per heavy atom. The molecule has 2 rings (SSSR count). The highest BCUT2D eigenvalue weighted by Gasteiger charge is 2.04. The molecule has 0 aliphatic rings. The lowest BCUT2D eigenvalue weighted by atomic mass is 10.1. The third kappa shape index (κ3) is 4.81. The first-order valence-corrected chi connectivity index (χ1v) is 7.28. The maximum Gasteiger partial charge on any atom is 0.224 e. The SMILES string of the molecule is COc1ccc(CCCC(=O)Nc2cccc(OC)c2)cc1. The summed E-state index contributed by atoms with van der Waals surface area (Å²) in [5.74, 6) is 1.59. The van der Waals surface area contributed by atoms with Gasteiger partial charge in [0.15, 0.2) is 0 Å². The van der Waals surface area contributed by atoms with Crippen LogP contribution in [0.1, 0.15) is 18.4 Å². The lowest BCUT2D eigenvalue weighted by molar-refractivity contribution is -0.116. The lowest BCUT2D eigenvalue weighted by Gasteiger charge is -2.07. The monoisotopic (exact) mass is 299 g/mol. The standard InChI is InChI=1S/C18H21NO3/c1-21-16-11-9-14(10-12-16)5-3-8-18(20)19-15-6-4-7-17(13-15)22-2/h4,6-7,9-13H,3,5,8H2,1-2H3,(H,19,20). The fourth-order valence-corrected chi connectivity index (χ4v) is 2.17. The number of hydrogen-bond donors (Lipinski definition) is 1. The predicted molar refractivity (Wildman–Crippen MR) is 87.6 cm³/mol. The van der Waals surface area contributed by atoms with Gasteiger partial charge in [-0.1, -0.05) is 18.2 Å². The van der Waals surface area contributed by atoms with Crippen LogP contribution in [-0.2, 0) is 11.2 Å². The summed E-state index contributed by atoms with van der Waals surface area (Å²) in [6.07, 6.45) is 2.17. The molecule has 0 aliphatic heterocycles. The van der Waals surface area contributed by atoms with Crippen LogP contribution < -0.4 is 14.8 Å². The van der Waals surface area contributed by atoms with Gasteiger partial charge in [0.2, 0.25) is 5.91 Å². The first-order chi connectivity index (χ1) is 10.7. The molecule has 4 nitrogen and oxygen atoms in total. The second-order valence-corrected chi connectivity index (χ2v) is 4.98. The van der Waals surface area contributed by atoms with E-state index >= 15 is 0 Å². The Kier molecular flexibility index (Phi) is 5.83. The summed E-state index contributed by atoms with van der Waals surface area (Å²) in [6, 6.07) is 15.3. The molecule has 0 atom stereocenters. The molecule has 0 saturated heterocycles. The van der Waals surface area contributed by atoms with E-state index in [9.17, 15) is 4.79 Å². The number of anilines is 1. The molecule has 1 N–H and O–H groups in total. The van der Waals surface area contributed by atoms with Crippen LogP contribution in [0.3, 0.4) is 0 Å². The predicted octanol–water partition coefficient (Wildman–Crippen LogP) is 3.67. The summed E-state index contributed by atoms with van der Waals surface area (Å²) in [5, 5.41) is 2.88. The van der Waals surface area contributed by atoms with Gasteiger partial charge in [-0.25, -0.2) is 0 Å². The van der Waals surface area contributed by atoms with E-state index in [0.29, 0.717) is 6.42 Å². The highest BCUT2D eigenvalue weighted by atomic mass is 16.5. The Morgan fingerprint density at radius 3 is 2.41 bits per heavy atom. The Balaban J connectivity index is 1.77. The quantitative estimate of drug-likeness (QED) is 0.848. The zero-order chi connectivity index (χ0) is 15.8. The summed E-state index contributed by atoms with van der Waals surface area (Å²) in [6.45, 7) is 0. The van der Waals surface area contributed by atoms with E-state index in [-0.39, 0.29) is 5.91 Å². The number of methoxy groups -OCH3 is 2. The summed E-state index contributed by atoms with van der Waals surface area (Å²) in [7, 11) is 3.26. The number of ether oxygens (including phenoxy) is 2. The van der Waals surface area contributed by atoms with Crippen molar-refractivity contribution in [2.24, 2.45) is 0 Å². The number of benzene rings is 2. The molecular weight excluding hydrogens is 278 g/mol. The van der Waals surface area contributed by atoms with Crippen LogP contribution in [0, 0.1) is 0 Å². The summed E-state index contributed by atoms with van der Waals surface area (Å²) in [4.78, 5) is 11.9. The third-order valence-corrected chi connectivity index (χ3v) is 3.38. The molecule has 116 valence electrons. The van der Waals surface area contributed by atoms with Gasteiger partial charge in [-0.3, -0.25) is 4.79 Å². The highest BCUT2D eigenvalue weighted by Crippen LogP contribution is 2.17. The van der Waals surface area contributed by atoms with Crippen LogP contribution in [0.5, 0.6) is 11.5 Å². The summed E-state index contributed by atoms with van der Waals surface area (Å²) >= 11 is 0. The number of nitrogens with one attached hydrogen (secondary N) is 1. The van der Waals surface area contributed by atoms with Crippen molar-refractivity contribution in [3.05, 3.63) is 54.1 Å². The summed E-state index contributed by atoms with van der Waals surface area (Å²) < 4.78 is 10.3. The van der Waals surface area contributed by atoms with Gasteiger partial charge in [0.05, 0.1) is 14.2 Å². The fraction of sp³-hybridized carbons (Fsp3) is 0.278. The van der Waals surface area contributed by atoms with Gasteiger partial charge in [0.25, 0.3) is 0 Å². The van der Waals surface area contributed by atoms with E-state index in [1.807, 2.05) is 42.5 Å². The van der Waals surface area contributed by atoms with Crippen molar-refractivity contribution < 1.29 is 14.3 Å². The van der Waals surface area contributed by atoms with E-state index in [2.05, 4.69) is 5.32 Å². The number of rotatable bonds is 7. The zero-order valence-corrected chi connectivity index (χ0v) is 13.0. The first-order valence-electron chi connectivity index (χ1n) is 7.28. The van der Waals surface area contributed by atoms with Gasteiger partial charge in [0, 0.05) is 18.2 Å². The van der Waals surface area contributed by atoms with Crippen molar-refractivity contribution >= 4 is 11.6 Å². The molecule has 1 amide bonds. The zero-order valence-electron chi connectivity index (χ0n) is 13.0. The van der Waals surface area contributed by atoms with Crippen LogP contribution in [-0.4, -0.2) is 20.1 Å². The Morgan fingerprint density at radius 1 is 1.00 bits per heavy atom. The van der Waals surface area contributed by atoms with Crippen LogP contribution >= 0.6 is 0 Å². The number of aryl methyl sites for hydroxylation is 1. The minimum Gasteiger partial charge on any atom is -0.497 e. The molecule has 0 aliphatic carbocycles. The maximum absolute atomic E-state index is 11.9. The Labute approximate surface area is 131 Å². The number of carbonyl (C=O) groups is 1. The topological polar surface area (TPSA) is 47.6 Å². The van der Waals surface area contributed by atoms with Gasteiger partial charge >= 0.3 is 0 Å². The molecule has 0 aromatic heterocycles. The second kappa shape index (κ2) is 8.08. The van der Waals surface area contributed by atoms with E-state index < -0.39 is 0 Å². The van der Waals surface area contributed by atoms with Gasteiger partial charge in [-0.15, -0.1) is 0 Å².